The van der Waals surface area contributed by atoms with E-state index in [-0.39, 0.29) is 29.4 Å². The number of hydrogen-bond acceptors (Lipinski definition) is 3. The lowest BCUT2D eigenvalue weighted by molar-refractivity contribution is -0.0835. The fourth-order valence-corrected chi connectivity index (χ4v) is 4.55. The number of rotatable bonds is 3. The number of halogens is 1. The van der Waals surface area contributed by atoms with E-state index in [0.717, 1.165) is 19.1 Å². The molecular weight excluding hydrogens is 421 g/mol. The van der Waals surface area contributed by atoms with Crippen molar-refractivity contribution in [3.8, 4) is 0 Å². The molecule has 2 N–H and O–H groups in total. The lowest BCUT2D eigenvalue weighted by Crippen LogP contribution is -2.50. The average Bonchev–Trinajstić information content (AvgIpc) is 2.52. The van der Waals surface area contributed by atoms with E-state index in [9.17, 15) is 0 Å². The van der Waals surface area contributed by atoms with Crippen LogP contribution < -0.4 is 10.6 Å². The van der Waals surface area contributed by atoms with Crippen LogP contribution in [0, 0.1) is 11.3 Å². The van der Waals surface area contributed by atoms with Crippen LogP contribution in [0.3, 0.4) is 0 Å². The van der Waals surface area contributed by atoms with Crippen molar-refractivity contribution < 1.29 is 4.74 Å². The molecule has 2 saturated heterocycles. The smallest absolute Gasteiger partial charge is 0.191 e. The molecule has 23 heavy (non-hydrogen) atoms. The molecule has 0 spiro atoms. The van der Waals surface area contributed by atoms with Crippen LogP contribution in [-0.4, -0.2) is 49.8 Å². The number of thioether (sulfide) groups is 1. The summed E-state index contributed by atoms with van der Waals surface area (Å²) in [6.07, 6.45) is 5.31. The van der Waals surface area contributed by atoms with Crippen LogP contribution >= 0.6 is 35.7 Å². The Labute approximate surface area is 163 Å². The predicted octanol–water partition coefficient (Wildman–Crippen LogP) is 3.51. The van der Waals surface area contributed by atoms with Gasteiger partial charge in [0.1, 0.15) is 0 Å². The molecular formula is C17H34IN3OS. The van der Waals surface area contributed by atoms with Gasteiger partial charge in [-0.25, -0.2) is 0 Å². The van der Waals surface area contributed by atoms with Gasteiger partial charge in [-0.15, -0.1) is 24.0 Å². The lowest BCUT2D eigenvalue weighted by atomic mass is 9.78. The van der Waals surface area contributed by atoms with Crippen molar-refractivity contribution in [1.29, 1.82) is 0 Å². The first-order valence-corrected chi connectivity index (χ1v) is 9.82. The number of nitrogens with one attached hydrogen (secondary N) is 2. The Bertz CT molecular complexity index is 367. The van der Waals surface area contributed by atoms with Crippen LogP contribution in [0.5, 0.6) is 0 Å². The second-order valence-corrected chi connectivity index (χ2v) is 8.72. The molecule has 2 heterocycles. The fraction of sp³-hybridized carbons (Fsp3) is 0.941. The van der Waals surface area contributed by atoms with Crippen molar-refractivity contribution in [3.05, 3.63) is 0 Å². The largest absolute Gasteiger partial charge is 0.377 e. The summed E-state index contributed by atoms with van der Waals surface area (Å²) in [7, 11) is 1.86. The summed E-state index contributed by atoms with van der Waals surface area (Å²) in [4.78, 5) is 4.40. The van der Waals surface area contributed by atoms with Crippen molar-refractivity contribution in [1.82, 2.24) is 10.6 Å². The lowest BCUT2D eigenvalue weighted by Gasteiger charge is -2.40. The summed E-state index contributed by atoms with van der Waals surface area (Å²) < 4.78 is 6.07. The highest BCUT2D eigenvalue weighted by atomic mass is 127. The molecule has 2 aliphatic heterocycles. The highest BCUT2D eigenvalue weighted by molar-refractivity contribution is 14.0. The first-order chi connectivity index (χ1) is 10.5. The maximum absolute atomic E-state index is 6.07. The van der Waals surface area contributed by atoms with Gasteiger partial charge in [-0.1, -0.05) is 20.8 Å². The molecule has 0 amide bonds. The van der Waals surface area contributed by atoms with E-state index in [1.54, 1.807) is 0 Å². The zero-order valence-corrected chi connectivity index (χ0v) is 18.2. The zero-order valence-electron chi connectivity index (χ0n) is 15.1. The number of aliphatic imine (C=N–C) groups is 1. The van der Waals surface area contributed by atoms with Crippen molar-refractivity contribution >= 4 is 41.7 Å². The minimum absolute atomic E-state index is 0. The Morgan fingerprint density at radius 2 is 2.04 bits per heavy atom. The van der Waals surface area contributed by atoms with Crippen LogP contribution in [0.25, 0.3) is 0 Å². The molecule has 2 fully saturated rings. The highest BCUT2D eigenvalue weighted by Crippen LogP contribution is 2.33. The van der Waals surface area contributed by atoms with Crippen LogP contribution in [0.15, 0.2) is 4.99 Å². The molecule has 3 unspecified atom stereocenters. The monoisotopic (exact) mass is 455 g/mol. The summed E-state index contributed by atoms with van der Waals surface area (Å²) in [6, 6.07) is 0.561. The molecule has 6 heteroatoms. The van der Waals surface area contributed by atoms with Crippen molar-refractivity contribution in [2.24, 2.45) is 16.3 Å². The molecule has 0 aromatic heterocycles. The fourth-order valence-electron chi connectivity index (χ4n) is 3.48. The van der Waals surface area contributed by atoms with Gasteiger partial charge in [-0.3, -0.25) is 4.99 Å². The van der Waals surface area contributed by atoms with Crippen LogP contribution in [0.4, 0.5) is 0 Å². The topological polar surface area (TPSA) is 45.7 Å². The highest BCUT2D eigenvalue weighted by Gasteiger charge is 2.35. The Morgan fingerprint density at radius 3 is 2.65 bits per heavy atom. The maximum Gasteiger partial charge on any atom is 0.191 e. The molecule has 0 aromatic rings. The van der Waals surface area contributed by atoms with E-state index in [2.05, 4.69) is 36.4 Å². The molecule has 0 bridgehead atoms. The summed E-state index contributed by atoms with van der Waals surface area (Å²) in [5.41, 5.74) is 0.198. The predicted molar refractivity (Wildman–Crippen MR) is 112 cm³/mol. The number of guanidine groups is 1. The number of ether oxygens (including phenoxy) is 1. The van der Waals surface area contributed by atoms with Gasteiger partial charge in [0.15, 0.2) is 5.96 Å². The van der Waals surface area contributed by atoms with Gasteiger partial charge >= 0.3 is 0 Å². The molecule has 0 aromatic carbocycles. The van der Waals surface area contributed by atoms with Gasteiger partial charge in [-0.2, -0.15) is 11.8 Å². The Kier molecular flexibility index (Phi) is 9.59. The van der Waals surface area contributed by atoms with Gasteiger partial charge in [0.25, 0.3) is 0 Å². The van der Waals surface area contributed by atoms with E-state index in [1.807, 2.05) is 18.8 Å². The average molecular weight is 455 g/mol. The number of hydrogen-bond donors (Lipinski definition) is 2. The Balaban J connectivity index is 0.00000264. The van der Waals surface area contributed by atoms with Gasteiger partial charge in [0, 0.05) is 37.9 Å². The second-order valence-electron chi connectivity index (χ2n) is 7.57. The Morgan fingerprint density at radius 1 is 1.26 bits per heavy atom. The minimum atomic E-state index is 0. The van der Waals surface area contributed by atoms with Crippen molar-refractivity contribution in [3.63, 3.8) is 0 Å². The molecule has 0 saturated carbocycles. The van der Waals surface area contributed by atoms with E-state index in [4.69, 9.17) is 4.74 Å². The molecule has 0 aliphatic carbocycles. The SMILES string of the molecule is CN=C(NCC1CCCOC1C(C)(C)C)NC1CCCSC1.I. The van der Waals surface area contributed by atoms with Crippen LogP contribution in [-0.2, 0) is 4.74 Å². The van der Waals surface area contributed by atoms with Crippen LogP contribution in [0.2, 0.25) is 0 Å². The summed E-state index contributed by atoms with van der Waals surface area (Å²) in [6.45, 7) is 8.69. The van der Waals surface area contributed by atoms with Gasteiger partial charge in [0.05, 0.1) is 6.10 Å². The second kappa shape index (κ2) is 10.3. The van der Waals surface area contributed by atoms with E-state index in [1.165, 1.54) is 37.2 Å². The van der Waals surface area contributed by atoms with E-state index >= 15 is 0 Å². The van der Waals surface area contributed by atoms with Gasteiger partial charge < -0.3 is 15.4 Å². The van der Waals surface area contributed by atoms with Crippen LogP contribution in [0.1, 0.15) is 46.5 Å². The molecule has 136 valence electrons. The van der Waals surface area contributed by atoms with E-state index in [0.29, 0.717) is 18.1 Å². The standard InChI is InChI=1S/C17H33N3OS.HI/c1-17(2,3)15-13(7-5-9-21-15)11-19-16(18-4)20-14-8-6-10-22-12-14;/h13-15H,5-12H2,1-4H3,(H2,18,19,20);1H. The van der Waals surface area contributed by atoms with E-state index < -0.39 is 0 Å². The Hall–Kier alpha value is 0.310. The first-order valence-electron chi connectivity index (χ1n) is 8.67. The molecule has 3 atom stereocenters. The maximum atomic E-state index is 6.07. The van der Waals surface area contributed by atoms with Crippen molar-refractivity contribution in [2.45, 2.75) is 58.6 Å². The number of nitrogens with zero attached hydrogens (tertiary/aromatic N) is 1. The summed E-state index contributed by atoms with van der Waals surface area (Å²) in [5, 5.41) is 7.11. The minimum Gasteiger partial charge on any atom is -0.377 e. The summed E-state index contributed by atoms with van der Waals surface area (Å²) >= 11 is 2.04. The zero-order chi connectivity index (χ0) is 16.0. The first kappa shape index (κ1) is 21.4. The third-order valence-electron chi connectivity index (χ3n) is 4.55. The third-order valence-corrected chi connectivity index (χ3v) is 5.77. The van der Waals surface area contributed by atoms with Gasteiger partial charge in [-0.05, 0) is 36.9 Å². The third kappa shape index (κ3) is 6.98. The molecule has 2 rings (SSSR count). The molecule has 2 aliphatic rings. The van der Waals surface area contributed by atoms with Gasteiger partial charge in [0.2, 0.25) is 0 Å². The quantitative estimate of drug-likeness (QED) is 0.389. The summed E-state index contributed by atoms with van der Waals surface area (Å²) in [5.74, 6) is 4.01. The van der Waals surface area contributed by atoms with Crippen molar-refractivity contribution in [2.75, 3.05) is 31.7 Å². The normalized spacial score (nSPS) is 29.6. The molecule has 0 radical (unpaired) electrons. The molecule has 4 nitrogen and oxygen atoms in total.